The first-order chi connectivity index (χ1) is 11.2. The Kier molecular flexibility index (Phi) is 5.62. The molecule has 6 heteroatoms. The Morgan fingerprint density at radius 1 is 1.12 bits per heavy atom. The molecule has 2 amide bonds. The third-order valence-electron chi connectivity index (χ3n) is 3.40. The lowest BCUT2D eigenvalue weighted by Crippen LogP contribution is -2.47. The van der Waals surface area contributed by atoms with Gasteiger partial charge in [-0.05, 0) is 39.8 Å². The van der Waals surface area contributed by atoms with E-state index in [1.807, 2.05) is 58.0 Å². The van der Waals surface area contributed by atoms with Gasteiger partial charge in [0.1, 0.15) is 11.3 Å². The smallest absolute Gasteiger partial charge is 0.239 e. The topological polar surface area (TPSA) is 83.4 Å². The summed E-state index contributed by atoms with van der Waals surface area (Å²) in [5.41, 5.74) is 0.514. The van der Waals surface area contributed by atoms with Crippen LogP contribution in [0.25, 0.3) is 11.0 Å². The molecule has 0 aliphatic rings. The Labute approximate surface area is 142 Å². The largest absolute Gasteiger partial charge is 0.459 e. The number of fused-ring (bicyclic) bond motifs is 1. The maximum Gasteiger partial charge on any atom is 0.239 e. The van der Waals surface area contributed by atoms with Gasteiger partial charge in [0.15, 0.2) is 0 Å². The minimum atomic E-state index is -0.310. The van der Waals surface area contributed by atoms with Crippen LogP contribution in [-0.4, -0.2) is 30.4 Å². The van der Waals surface area contributed by atoms with E-state index in [4.69, 9.17) is 4.42 Å². The number of carbonyl (C=O) groups is 2. The molecule has 2 rings (SSSR count). The number of benzene rings is 1. The van der Waals surface area contributed by atoms with Gasteiger partial charge in [-0.1, -0.05) is 18.2 Å². The molecule has 1 heterocycles. The zero-order valence-electron chi connectivity index (χ0n) is 14.6. The fraction of sp³-hybridized carbons (Fsp3) is 0.444. The number of para-hydroxylation sites is 1. The fourth-order valence-corrected chi connectivity index (χ4v) is 2.27. The van der Waals surface area contributed by atoms with Crippen LogP contribution in [0.15, 0.2) is 34.7 Å². The predicted molar refractivity (Wildman–Crippen MR) is 93.5 cm³/mol. The summed E-state index contributed by atoms with van der Waals surface area (Å²) in [6.45, 7) is 7.69. The summed E-state index contributed by atoms with van der Waals surface area (Å²) in [6.07, 6.45) is 0. The molecule has 2 aromatic rings. The van der Waals surface area contributed by atoms with Gasteiger partial charge in [-0.15, -0.1) is 0 Å². The third kappa shape index (κ3) is 5.38. The SMILES string of the molecule is C[C@@H](NCC(=O)NCC(=O)NC(C)(C)C)c1cc2ccccc2o1. The average molecular weight is 331 g/mol. The van der Waals surface area contributed by atoms with Crippen LogP contribution in [0.2, 0.25) is 0 Å². The number of nitrogens with one attached hydrogen (secondary N) is 3. The van der Waals surface area contributed by atoms with Crippen LogP contribution >= 0.6 is 0 Å². The molecule has 0 spiro atoms. The van der Waals surface area contributed by atoms with Gasteiger partial charge in [-0.2, -0.15) is 0 Å². The lowest BCUT2D eigenvalue weighted by atomic mass is 10.1. The lowest BCUT2D eigenvalue weighted by molar-refractivity contribution is -0.126. The second kappa shape index (κ2) is 7.49. The van der Waals surface area contributed by atoms with Gasteiger partial charge in [0.25, 0.3) is 0 Å². The maximum atomic E-state index is 11.8. The van der Waals surface area contributed by atoms with Crippen LogP contribution in [0, 0.1) is 0 Å². The highest BCUT2D eigenvalue weighted by atomic mass is 16.3. The molecule has 1 aromatic heterocycles. The third-order valence-corrected chi connectivity index (χ3v) is 3.40. The molecule has 0 saturated carbocycles. The Hall–Kier alpha value is -2.34. The van der Waals surface area contributed by atoms with Crippen LogP contribution in [0.4, 0.5) is 0 Å². The molecular formula is C18H25N3O3. The average Bonchev–Trinajstić information content (AvgIpc) is 2.93. The molecule has 1 atom stereocenters. The number of amides is 2. The zero-order valence-corrected chi connectivity index (χ0v) is 14.6. The van der Waals surface area contributed by atoms with E-state index >= 15 is 0 Å². The van der Waals surface area contributed by atoms with Gasteiger partial charge in [0.05, 0.1) is 19.1 Å². The first-order valence-corrected chi connectivity index (χ1v) is 8.04. The lowest BCUT2D eigenvalue weighted by Gasteiger charge is -2.20. The van der Waals surface area contributed by atoms with Crippen LogP contribution in [0.5, 0.6) is 0 Å². The summed E-state index contributed by atoms with van der Waals surface area (Å²) in [6, 6.07) is 9.62. The number of rotatable bonds is 6. The zero-order chi connectivity index (χ0) is 17.7. The quantitative estimate of drug-likeness (QED) is 0.757. The van der Waals surface area contributed by atoms with Crippen molar-refractivity contribution in [2.24, 2.45) is 0 Å². The van der Waals surface area contributed by atoms with E-state index < -0.39 is 0 Å². The van der Waals surface area contributed by atoms with E-state index in [-0.39, 0.29) is 36.5 Å². The molecule has 3 N–H and O–H groups in total. The first kappa shape index (κ1) is 18.0. The summed E-state index contributed by atoms with van der Waals surface area (Å²) in [5.74, 6) is 0.331. The summed E-state index contributed by atoms with van der Waals surface area (Å²) in [4.78, 5) is 23.5. The highest BCUT2D eigenvalue weighted by Gasteiger charge is 2.15. The van der Waals surface area contributed by atoms with E-state index in [0.29, 0.717) is 0 Å². The molecule has 0 bridgehead atoms. The van der Waals surface area contributed by atoms with Gasteiger partial charge in [-0.3, -0.25) is 14.9 Å². The second-order valence-corrected chi connectivity index (χ2v) is 6.86. The molecule has 24 heavy (non-hydrogen) atoms. The van der Waals surface area contributed by atoms with Gasteiger partial charge in [-0.25, -0.2) is 0 Å². The number of hydrogen-bond donors (Lipinski definition) is 3. The normalized spacial score (nSPS) is 12.8. The van der Waals surface area contributed by atoms with Crippen molar-refractivity contribution in [1.29, 1.82) is 0 Å². The van der Waals surface area contributed by atoms with Crippen LogP contribution in [-0.2, 0) is 9.59 Å². The van der Waals surface area contributed by atoms with Crippen molar-refractivity contribution in [2.45, 2.75) is 39.3 Å². The first-order valence-electron chi connectivity index (χ1n) is 8.04. The van der Waals surface area contributed by atoms with Crippen molar-refractivity contribution in [3.8, 4) is 0 Å². The summed E-state index contributed by atoms with van der Waals surface area (Å²) < 4.78 is 5.76. The van der Waals surface area contributed by atoms with Gasteiger partial charge >= 0.3 is 0 Å². The minimum Gasteiger partial charge on any atom is -0.459 e. The van der Waals surface area contributed by atoms with Crippen molar-refractivity contribution in [3.63, 3.8) is 0 Å². The molecule has 0 saturated heterocycles. The summed E-state index contributed by atoms with van der Waals surface area (Å²) in [5, 5.41) is 9.51. The van der Waals surface area contributed by atoms with Crippen LogP contribution < -0.4 is 16.0 Å². The van der Waals surface area contributed by atoms with Gasteiger partial charge in [0.2, 0.25) is 11.8 Å². The number of furan rings is 1. The Morgan fingerprint density at radius 2 is 1.83 bits per heavy atom. The van der Waals surface area contributed by atoms with Crippen molar-refractivity contribution >= 4 is 22.8 Å². The van der Waals surface area contributed by atoms with Crippen molar-refractivity contribution in [1.82, 2.24) is 16.0 Å². The monoisotopic (exact) mass is 331 g/mol. The van der Waals surface area contributed by atoms with Crippen molar-refractivity contribution < 1.29 is 14.0 Å². The Bertz CT molecular complexity index is 683. The molecular weight excluding hydrogens is 306 g/mol. The van der Waals surface area contributed by atoms with E-state index in [0.717, 1.165) is 16.7 Å². The van der Waals surface area contributed by atoms with Crippen molar-refractivity contribution in [2.75, 3.05) is 13.1 Å². The molecule has 0 aliphatic carbocycles. The minimum absolute atomic E-state index is 0.0310. The molecule has 0 radical (unpaired) electrons. The Morgan fingerprint density at radius 3 is 2.50 bits per heavy atom. The molecule has 130 valence electrons. The van der Waals surface area contributed by atoms with E-state index in [9.17, 15) is 9.59 Å². The van der Waals surface area contributed by atoms with E-state index in [2.05, 4.69) is 16.0 Å². The number of carbonyl (C=O) groups excluding carboxylic acids is 2. The standard InChI is InChI=1S/C18H25N3O3/c1-12(15-9-13-7-5-6-8-14(13)24-15)19-10-16(22)20-11-17(23)21-18(2,3)4/h5-9,12,19H,10-11H2,1-4H3,(H,20,22)(H,21,23)/t12-/m1/s1. The van der Waals surface area contributed by atoms with Crippen LogP contribution in [0.3, 0.4) is 0 Å². The van der Waals surface area contributed by atoms with E-state index in [1.54, 1.807) is 0 Å². The predicted octanol–water partition coefficient (Wildman–Crippen LogP) is 2.11. The Balaban J connectivity index is 1.77. The van der Waals surface area contributed by atoms with Crippen molar-refractivity contribution in [3.05, 3.63) is 36.1 Å². The highest BCUT2D eigenvalue weighted by molar-refractivity contribution is 5.85. The molecule has 0 unspecified atom stereocenters. The number of hydrogen-bond acceptors (Lipinski definition) is 4. The molecule has 0 aliphatic heterocycles. The highest BCUT2D eigenvalue weighted by Crippen LogP contribution is 2.23. The second-order valence-electron chi connectivity index (χ2n) is 6.86. The summed E-state index contributed by atoms with van der Waals surface area (Å²) >= 11 is 0. The maximum absolute atomic E-state index is 11.8. The van der Waals surface area contributed by atoms with Gasteiger partial charge < -0.3 is 15.1 Å². The van der Waals surface area contributed by atoms with Gasteiger partial charge in [0, 0.05) is 10.9 Å². The molecule has 1 aromatic carbocycles. The van der Waals surface area contributed by atoms with Crippen LogP contribution in [0.1, 0.15) is 39.5 Å². The fourth-order valence-electron chi connectivity index (χ4n) is 2.27. The van der Waals surface area contributed by atoms with E-state index in [1.165, 1.54) is 0 Å². The summed E-state index contributed by atoms with van der Waals surface area (Å²) in [7, 11) is 0. The molecule has 6 nitrogen and oxygen atoms in total. The molecule has 0 fully saturated rings.